The summed E-state index contributed by atoms with van der Waals surface area (Å²) in [6, 6.07) is 0. The van der Waals surface area contributed by atoms with Crippen LogP contribution in [0.4, 0.5) is 0 Å². The number of hydrogen-bond acceptors (Lipinski definition) is 1. The molecule has 0 bridgehead atoms. The molecule has 32 valence electrons. The van der Waals surface area contributed by atoms with Gasteiger partial charge in [-0.1, -0.05) is 0 Å². The average Bonchev–Trinajstić information content (AvgIpc) is 0.722. The van der Waals surface area contributed by atoms with Crippen molar-refractivity contribution in [2.45, 2.75) is 0 Å². The first-order valence-corrected chi connectivity index (χ1v) is 2.35. The molecule has 0 heterocycles. The second-order valence-corrected chi connectivity index (χ2v) is 1.54. The van der Waals surface area contributed by atoms with Crippen LogP contribution >= 0.6 is 7.82 Å². The van der Waals surface area contributed by atoms with Crippen LogP contribution in [0.5, 0.6) is 0 Å². The molecular formula is H3CaLiMgO4P+5. The summed E-state index contributed by atoms with van der Waals surface area (Å²) in [6.45, 7) is 0. The van der Waals surface area contributed by atoms with Crippen LogP contribution in [0.1, 0.15) is 0 Å². The van der Waals surface area contributed by atoms with E-state index in [2.05, 4.69) is 0 Å². The predicted molar refractivity (Wildman–Crippen MR) is 25.8 cm³/mol. The van der Waals surface area contributed by atoms with Crippen molar-refractivity contribution >= 4 is 68.6 Å². The number of rotatable bonds is 0. The molecule has 3 N–H and O–H groups in total. The fourth-order valence-electron chi connectivity index (χ4n) is 0. The first kappa shape index (κ1) is 22.4. The topological polar surface area (TPSA) is 77.8 Å². The molecule has 0 spiro atoms. The maximum Gasteiger partial charge on any atom is 2.00 e. The van der Waals surface area contributed by atoms with Crippen molar-refractivity contribution in [1.82, 2.24) is 0 Å². The van der Waals surface area contributed by atoms with Crippen molar-refractivity contribution in [1.29, 1.82) is 0 Å². The Hall–Kier alpha value is 2.73. The molecule has 0 aliphatic rings. The van der Waals surface area contributed by atoms with Gasteiger partial charge in [-0.15, -0.1) is 0 Å². The van der Waals surface area contributed by atoms with Crippen LogP contribution in [0, 0.1) is 0 Å². The predicted octanol–water partition coefficient (Wildman–Crippen LogP) is -4.69. The maximum atomic E-state index is 8.88. The summed E-state index contributed by atoms with van der Waals surface area (Å²) in [6.07, 6.45) is 0. The minimum atomic E-state index is -4.64. The summed E-state index contributed by atoms with van der Waals surface area (Å²) in [5, 5.41) is 0. The van der Waals surface area contributed by atoms with Crippen LogP contribution in [0.3, 0.4) is 0 Å². The monoisotopic (exact) mass is 169 g/mol. The van der Waals surface area contributed by atoms with E-state index in [0.717, 1.165) is 0 Å². The zero-order valence-electron chi connectivity index (χ0n) is 4.61. The molecule has 0 unspecified atom stereocenters. The molecule has 0 aromatic rings. The normalized spacial score (nSPS) is 7.38. The molecule has 8 heteroatoms. The van der Waals surface area contributed by atoms with Gasteiger partial charge in [0.2, 0.25) is 0 Å². The summed E-state index contributed by atoms with van der Waals surface area (Å²) in [5.74, 6) is 0. The zero-order chi connectivity index (χ0) is 4.50. The Morgan fingerprint density at radius 2 is 1.12 bits per heavy atom. The fraction of sp³-hybridized carbons (Fsp3) is 0. The van der Waals surface area contributed by atoms with Crippen LogP contribution in [0.15, 0.2) is 0 Å². The van der Waals surface area contributed by atoms with Crippen molar-refractivity contribution < 1.29 is 38.1 Å². The molecular weight excluding hydrogens is 166 g/mol. The largest absolute Gasteiger partial charge is 2.00 e. The molecule has 0 aliphatic heterocycles. The summed E-state index contributed by atoms with van der Waals surface area (Å²) in [5.41, 5.74) is 0. The molecule has 0 fully saturated rings. The Morgan fingerprint density at radius 1 is 1.12 bits per heavy atom. The van der Waals surface area contributed by atoms with E-state index in [4.69, 9.17) is 19.2 Å². The SMILES string of the molecule is O=P(O)(O)O.[Ca+2].[Li+].[Mg+2]. The molecule has 0 aromatic heterocycles. The van der Waals surface area contributed by atoms with Crippen molar-refractivity contribution in [3.8, 4) is 0 Å². The van der Waals surface area contributed by atoms with Gasteiger partial charge in [0.15, 0.2) is 0 Å². The Balaban J connectivity index is -0.0000000267. The van der Waals surface area contributed by atoms with E-state index in [-0.39, 0.29) is 79.7 Å². The number of phosphoric acid groups is 1. The minimum Gasteiger partial charge on any atom is -0.303 e. The van der Waals surface area contributed by atoms with Crippen molar-refractivity contribution in [2.24, 2.45) is 0 Å². The molecule has 4 nitrogen and oxygen atoms in total. The number of hydrogen-bond donors (Lipinski definition) is 3. The first-order chi connectivity index (χ1) is 2.00. The van der Waals surface area contributed by atoms with Gasteiger partial charge in [0, 0.05) is 0 Å². The quantitative estimate of drug-likeness (QED) is 0.252. The molecule has 0 saturated carbocycles. The molecule has 0 amide bonds. The molecule has 0 radical (unpaired) electrons. The van der Waals surface area contributed by atoms with Crippen LogP contribution < -0.4 is 18.9 Å². The van der Waals surface area contributed by atoms with Gasteiger partial charge in [0.05, 0.1) is 0 Å². The second-order valence-electron chi connectivity index (χ2n) is 0.513. The van der Waals surface area contributed by atoms with Gasteiger partial charge in [-0.25, -0.2) is 4.57 Å². The maximum absolute atomic E-state index is 8.88. The molecule has 0 aliphatic carbocycles. The Morgan fingerprint density at radius 3 is 1.12 bits per heavy atom. The summed E-state index contributed by atoms with van der Waals surface area (Å²) in [4.78, 5) is 21.6. The average molecular weight is 169 g/mol. The third kappa shape index (κ3) is 69.9. The minimum absolute atomic E-state index is 0. The van der Waals surface area contributed by atoms with Gasteiger partial charge in [0.1, 0.15) is 0 Å². The van der Waals surface area contributed by atoms with E-state index in [1.54, 1.807) is 0 Å². The third-order valence-electron chi connectivity index (χ3n) is 0. The Labute approximate surface area is 105 Å². The van der Waals surface area contributed by atoms with Crippen LogP contribution in [0.25, 0.3) is 0 Å². The molecule has 0 atom stereocenters. The smallest absolute Gasteiger partial charge is 0.303 e. The summed E-state index contributed by atoms with van der Waals surface area (Å²) in [7, 11) is -4.64. The molecule has 8 heavy (non-hydrogen) atoms. The van der Waals surface area contributed by atoms with E-state index in [9.17, 15) is 0 Å². The van der Waals surface area contributed by atoms with Gasteiger partial charge in [-0.2, -0.15) is 0 Å². The van der Waals surface area contributed by atoms with E-state index in [1.807, 2.05) is 0 Å². The molecule has 0 aromatic carbocycles. The van der Waals surface area contributed by atoms with E-state index < -0.39 is 7.82 Å². The van der Waals surface area contributed by atoms with E-state index >= 15 is 0 Å². The van der Waals surface area contributed by atoms with Crippen molar-refractivity contribution in [2.75, 3.05) is 0 Å². The van der Waals surface area contributed by atoms with Crippen LogP contribution in [-0.4, -0.2) is 75.5 Å². The zero-order valence-corrected chi connectivity index (χ0v) is 9.13. The first-order valence-electron chi connectivity index (χ1n) is 0.783. The van der Waals surface area contributed by atoms with E-state index in [1.165, 1.54) is 0 Å². The van der Waals surface area contributed by atoms with Crippen LogP contribution in [-0.2, 0) is 4.57 Å². The second kappa shape index (κ2) is 9.73. The summed E-state index contributed by atoms with van der Waals surface area (Å²) < 4.78 is 8.88. The van der Waals surface area contributed by atoms with Gasteiger partial charge in [-0.3, -0.25) is 0 Å². The molecule has 0 rings (SSSR count). The fourth-order valence-corrected chi connectivity index (χ4v) is 0. The van der Waals surface area contributed by atoms with Gasteiger partial charge in [0.25, 0.3) is 0 Å². The van der Waals surface area contributed by atoms with Crippen LogP contribution in [0.2, 0.25) is 0 Å². The van der Waals surface area contributed by atoms with Crippen molar-refractivity contribution in [3.05, 3.63) is 0 Å². The standard InChI is InChI=1S/Ca.Li.Mg.H3O4P/c;;;1-5(2,3)4/h;;;(H3,1,2,3,4)/q+2;+1;+2;. The van der Waals surface area contributed by atoms with Gasteiger partial charge < -0.3 is 14.7 Å². The van der Waals surface area contributed by atoms with Crippen molar-refractivity contribution in [3.63, 3.8) is 0 Å². The summed E-state index contributed by atoms with van der Waals surface area (Å²) >= 11 is 0. The van der Waals surface area contributed by atoms with Gasteiger partial charge >= 0.3 is 87.5 Å². The Bertz CT molecular complexity index is 62.2. The van der Waals surface area contributed by atoms with E-state index in [0.29, 0.717) is 0 Å². The Kier molecular flexibility index (Phi) is 27.3. The third-order valence-corrected chi connectivity index (χ3v) is 0. The molecule has 0 saturated heterocycles. The van der Waals surface area contributed by atoms with Gasteiger partial charge in [-0.05, 0) is 0 Å².